The molecule has 0 radical (unpaired) electrons. The predicted octanol–water partition coefficient (Wildman–Crippen LogP) is 0.450. The summed E-state index contributed by atoms with van der Waals surface area (Å²) in [6.07, 6.45) is 5.75. The lowest BCUT2D eigenvalue weighted by atomic mass is 10.4. The van der Waals surface area contributed by atoms with E-state index in [1.165, 1.54) is 4.57 Å². The summed E-state index contributed by atoms with van der Waals surface area (Å²) < 4.78 is 3.12. The van der Waals surface area contributed by atoms with Gasteiger partial charge >= 0.3 is 0 Å². The molecule has 0 saturated heterocycles. The third-order valence-electron chi connectivity index (χ3n) is 2.00. The van der Waals surface area contributed by atoms with Crippen molar-refractivity contribution in [2.24, 2.45) is 7.05 Å². The Hall–Kier alpha value is -1.84. The maximum absolute atomic E-state index is 11.5. The van der Waals surface area contributed by atoms with E-state index in [0.717, 1.165) is 6.29 Å². The fraction of sp³-hybridized carbons (Fsp3) is 0.111. The molecule has 2 aromatic heterocycles. The van der Waals surface area contributed by atoms with E-state index in [-0.39, 0.29) is 5.56 Å². The smallest absolute Gasteiger partial charge is 0.274 e. The molecule has 2 aromatic rings. The third kappa shape index (κ3) is 1.07. The zero-order valence-electron chi connectivity index (χ0n) is 7.10. The Kier molecular flexibility index (Phi) is 1.55. The van der Waals surface area contributed by atoms with Crippen LogP contribution in [0.5, 0.6) is 0 Å². The largest absolute Gasteiger partial charge is 0.317 e. The van der Waals surface area contributed by atoms with E-state index in [0.29, 0.717) is 11.1 Å². The molecule has 2 heterocycles. The lowest BCUT2D eigenvalue weighted by Crippen LogP contribution is -2.17. The summed E-state index contributed by atoms with van der Waals surface area (Å²) in [6.45, 7) is 0. The Morgan fingerprint density at radius 1 is 1.38 bits per heavy atom. The van der Waals surface area contributed by atoms with Crippen molar-refractivity contribution in [3.63, 3.8) is 0 Å². The summed E-state index contributed by atoms with van der Waals surface area (Å²) >= 11 is 0. The minimum absolute atomic E-state index is 0.101. The molecular weight excluding hydrogens is 168 g/mol. The number of carbonyl (C=O) groups excluding carboxylic acids is 1. The average Bonchev–Trinajstić information content (AvgIpc) is 2.55. The van der Waals surface area contributed by atoms with Gasteiger partial charge in [-0.2, -0.15) is 0 Å². The Labute approximate surface area is 74.0 Å². The van der Waals surface area contributed by atoms with Crippen LogP contribution in [0.4, 0.5) is 0 Å². The monoisotopic (exact) mass is 176 g/mol. The van der Waals surface area contributed by atoms with Gasteiger partial charge < -0.3 is 8.97 Å². The lowest BCUT2D eigenvalue weighted by Gasteiger charge is -1.96. The van der Waals surface area contributed by atoms with E-state index in [4.69, 9.17) is 0 Å². The molecule has 0 aliphatic rings. The summed E-state index contributed by atoms with van der Waals surface area (Å²) in [5.41, 5.74) is 0.936. The van der Waals surface area contributed by atoms with Gasteiger partial charge in [0, 0.05) is 31.2 Å². The molecule has 0 unspecified atom stereocenters. The van der Waals surface area contributed by atoms with Crippen LogP contribution in [0.1, 0.15) is 10.4 Å². The van der Waals surface area contributed by atoms with Gasteiger partial charge in [-0.25, -0.2) is 0 Å². The molecule has 13 heavy (non-hydrogen) atoms. The lowest BCUT2D eigenvalue weighted by molar-refractivity contribution is 0.112. The highest BCUT2D eigenvalue weighted by atomic mass is 16.1. The molecule has 0 spiro atoms. The Morgan fingerprint density at radius 2 is 2.15 bits per heavy atom. The minimum Gasteiger partial charge on any atom is -0.317 e. The summed E-state index contributed by atoms with van der Waals surface area (Å²) in [4.78, 5) is 21.9. The van der Waals surface area contributed by atoms with Gasteiger partial charge in [0.15, 0.2) is 6.29 Å². The zero-order chi connectivity index (χ0) is 9.42. The molecule has 4 heteroatoms. The van der Waals surface area contributed by atoms with Crippen LogP contribution in [0.3, 0.4) is 0 Å². The van der Waals surface area contributed by atoms with Gasteiger partial charge in [-0.05, 0) is 6.07 Å². The summed E-state index contributed by atoms with van der Waals surface area (Å²) in [6, 6.07) is 1.58. The fourth-order valence-electron chi connectivity index (χ4n) is 1.28. The SMILES string of the molecule is Cn1ccn2cc(C=O)cc2c1=O. The van der Waals surface area contributed by atoms with Crippen LogP contribution in [0, 0.1) is 0 Å². The Bertz CT molecular complexity index is 522. The van der Waals surface area contributed by atoms with Crippen molar-refractivity contribution in [1.29, 1.82) is 0 Å². The van der Waals surface area contributed by atoms with E-state index in [2.05, 4.69) is 0 Å². The normalized spacial score (nSPS) is 10.5. The fourth-order valence-corrected chi connectivity index (χ4v) is 1.28. The zero-order valence-corrected chi connectivity index (χ0v) is 7.10. The first kappa shape index (κ1) is 7.79. The van der Waals surface area contributed by atoms with Crippen LogP contribution in [0.25, 0.3) is 5.52 Å². The molecule has 0 saturated carbocycles. The van der Waals surface area contributed by atoms with Crippen LogP contribution < -0.4 is 5.56 Å². The summed E-state index contributed by atoms with van der Waals surface area (Å²) in [5, 5.41) is 0. The van der Waals surface area contributed by atoms with Crippen molar-refractivity contribution in [2.45, 2.75) is 0 Å². The standard InChI is InChI=1S/C9H8N2O2/c1-10-2-3-11-5-7(6-12)4-8(11)9(10)13/h2-6H,1H3. The molecule has 0 atom stereocenters. The van der Waals surface area contributed by atoms with Crippen LogP contribution in [0.15, 0.2) is 29.5 Å². The second kappa shape index (κ2) is 2.58. The quantitative estimate of drug-likeness (QED) is 0.592. The number of aryl methyl sites for hydroxylation is 1. The second-order valence-corrected chi connectivity index (χ2v) is 2.90. The maximum atomic E-state index is 11.5. The van der Waals surface area contributed by atoms with Gasteiger partial charge in [0.2, 0.25) is 0 Å². The van der Waals surface area contributed by atoms with Gasteiger partial charge in [0.25, 0.3) is 5.56 Å². The van der Waals surface area contributed by atoms with Gasteiger partial charge in [-0.15, -0.1) is 0 Å². The third-order valence-corrected chi connectivity index (χ3v) is 2.00. The van der Waals surface area contributed by atoms with Gasteiger partial charge in [0.05, 0.1) is 0 Å². The van der Waals surface area contributed by atoms with Crippen molar-refractivity contribution < 1.29 is 4.79 Å². The van der Waals surface area contributed by atoms with Gasteiger partial charge in [-0.1, -0.05) is 0 Å². The van der Waals surface area contributed by atoms with E-state index in [1.54, 1.807) is 36.1 Å². The number of aromatic nitrogens is 2. The number of hydrogen-bond donors (Lipinski definition) is 0. The number of hydrogen-bond acceptors (Lipinski definition) is 2. The van der Waals surface area contributed by atoms with Crippen LogP contribution in [0.2, 0.25) is 0 Å². The molecule has 0 aliphatic carbocycles. The first-order valence-corrected chi connectivity index (χ1v) is 3.85. The van der Waals surface area contributed by atoms with Gasteiger partial charge in [-0.3, -0.25) is 9.59 Å². The first-order valence-electron chi connectivity index (χ1n) is 3.85. The highest BCUT2D eigenvalue weighted by molar-refractivity contribution is 5.77. The van der Waals surface area contributed by atoms with Crippen molar-refractivity contribution in [2.75, 3.05) is 0 Å². The number of aldehydes is 1. The molecule has 0 N–H and O–H groups in total. The van der Waals surface area contributed by atoms with Crippen LogP contribution in [-0.2, 0) is 7.05 Å². The van der Waals surface area contributed by atoms with E-state index in [1.807, 2.05) is 0 Å². The van der Waals surface area contributed by atoms with Crippen molar-refractivity contribution in [3.8, 4) is 0 Å². The second-order valence-electron chi connectivity index (χ2n) is 2.90. The molecule has 0 aromatic carbocycles. The van der Waals surface area contributed by atoms with Crippen LogP contribution >= 0.6 is 0 Å². The highest BCUT2D eigenvalue weighted by Gasteiger charge is 2.02. The minimum atomic E-state index is -0.101. The number of nitrogens with zero attached hydrogens (tertiary/aromatic N) is 2. The van der Waals surface area contributed by atoms with Crippen molar-refractivity contribution in [1.82, 2.24) is 8.97 Å². The molecule has 66 valence electrons. The van der Waals surface area contributed by atoms with Crippen molar-refractivity contribution in [3.05, 3.63) is 40.6 Å². The van der Waals surface area contributed by atoms with Crippen LogP contribution in [-0.4, -0.2) is 15.3 Å². The molecule has 0 fully saturated rings. The first-order chi connectivity index (χ1) is 6.22. The summed E-state index contributed by atoms with van der Waals surface area (Å²) in [7, 11) is 1.68. The van der Waals surface area contributed by atoms with Gasteiger partial charge in [0.1, 0.15) is 5.52 Å². The molecule has 0 amide bonds. The van der Waals surface area contributed by atoms with Crippen molar-refractivity contribution >= 4 is 11.8 Å². The molecule has 2 rings (SSSR count). The number of carbonyl (C=O) groups is 1. The molecular formula is C9H8N2O2. The van der Waals surface area contributed by atoms with E-state index in [9.17, 15) is 9.59 Å². The summed E-state index contributed by atoms with van der Waals surface area (Å²) in [5.74, 6) is 0. The topological polar surface area (TPSA) is 43.5 Å². The number of fused-ring (bicyclic) bond motifs is 1. The molecule has 4 nitrogen and oxygen atoms in total. The molecule has 0 bridgehead atoms. The molecule has 0 aliphatic heterocycles. The van der Waals surface area contributed by atoms with E-state index >= 15 is 0 Å². The Balaban J connectivity index is 2.92. The highest BCUT2D eigenvalue weighted by Crippen LogP contribution is 2.02. The average molecular weight is 176 g/mol. The maximum Gasteiger partial charge on any atom is 0.274 e. The predicted molar refractivity (Wildman–Crippen MR) is 48.0 cm³/mol. The van der Waals surface area contributed by atoms with E-state index < -0.39 is 0 Å². The number of rotatable bonds is 1. The Morgan fingerprint density at radius 3 is 2.85 bits per heavy atom.